The van der Waals surface area contributed by atoms with E-state index in [1.807, 2.05) is 18.6 Å². The van der Waals surface area contributed by atoms with E-state index in [0.29, 0.717) is 12.8 Å². The van der Waals surface area contributed by atoms with Gasteiger partial charge < -0.3 is 15.2 Å². The van der Waals surface area contributed by atoms with E-state index in [0.717, 1.165) is 30.1 Å². The first kappa shape index (κ1) is 21.9. The molecule has 162 valence electrons. The smallest absolute Gasteiger partial charge is 0.304 e. The van der Waals surface area contributed by atoms with Crippen LogP contribution in [-0.2, 0) is 19.7 Å². The molecule has 2 saturated carbocycles. The summed E-state index contributed by atoms with van der Waals surface area (Å²) in [5.74, 6) is -0.991. The minimum absolute atomic E-state index is 0.0312. The zero-order valence-electron chi connectivity index (χ0n) is 16.7. The summed E-state index contributed by atoms with van der Waals surface area (Å²) in [6, 6.07) is -1.06. The van der Waals surface area contributed by atoms with Crippen LogP contribution in [0.3, 0.4) is 0 Å². The molecular formula is C18H32FN3O5S. The minimum atomic E-state index is -4.08. The first-order valence-corrected chi connectivity index (χ1v) is 11.4. The molecule has 3 aliphatic rings. The Bertz CT molecular complexity index is 689. The summed E-state index contributed by atoms with van der Waals surface area (Å²) in [6.45, 7) is 4.35. The van der Waals surface area contributed by atoms with Crippen molar-refractivity contribution >= 4 is 16.1 Å². The molecule has 2 aliphatic carbocycles. The van der Waals surface area contributed by atoms with Gasteiger partial charge in [-0.15, -0.1) is 0 Å². The Morgan fingerprint density at radius 2 is 2.07 bits per heavy atom. The van der Waals surface area contributed by atoms with E-state index in [1.54, 1.807) is 7.11 Å². The molecule has 3 fully saturated rings. The molecular weight excluding hydrogens is 389 g/mol. The van der Waals surface area contributed by atoms with Crippen LogP contribution >= 0.6 is 0 Å². The molecule has 0 aromatic carbocycles. The number of hydrogen-bond donors (Lipinski definition) is 3. The number of fused-ring (bicyclic) bond motifs is 1. The molecule has 6 unspecified atom stereocenters. The number of nitrogens with zero attached hydrogens (tertiary/aromatic N) is 1. The van der Waals surface area contributed by atoms with Crippen LogP contribution in [0.5, 0.6) is 0 Å². The molecule has 6 atom stereocenters. The van der Waals surface area contributed by atoms with E-state index >= 15 is 4.39 Å². The normalized spacial score (nSPS) is 38.8. The molecule has 8 nitrogen and oxygen atoms in total. The van der Waals surface area contributed by atoms with Gasteiger partial charge in [0.05, 0.1) is 24.3 Å². The molecule has 1 saturated heterocycles. The number of alkyl halides is 1. The van der Waals surface area contributed by atoms with Crippen LogP contribution in [-0.4, -0.2) is 73.9 Å². The van der Waals surface area contributed by atoms with Gasteiger partial charge in [0, 0.05) is 13.2 Å². The van der Waals surface area contributed by atoms with Crippen molar-refractivity contribution in [2.45, 2.75) is 75.9 Å². The number of rotatable bonds is 6. The molecule has 3 N–H and O–H groups in total. The standard InChI is InChI=1S/C18H32FN3O5S/c1-18(2,27-3)6-7-20-12-5-4-11-8-14(23)17(16(19)13(11)9-12)22-10-15(24)21-28(22,25)26/h11-14,16-17,20,23H,4-10H2,1-3H3,(H,21,24). The molecule has 0 aromatic heterocycles. The molecule has 3 rings (SSSR count). The predicted molar refractivity (Wildman–Crippen MR) is 101 cm³/mol. The molecule has 0 spiro atoms. The molecule has 1 aliphatic heterocycles. The Morgan fingerprint density at radius 3 is 2.68 bits per heavy atom. The molecule has 0 aromatic rings. The van der Waals surface area contributed by atoms with Crippen molar-refractivity contribution in [2.75, 3.05) is 20.2 Å². The summed E-state index contributed by atoms with van der Waals surface area (Å²) in [7, 11) is -2.40. The lowest BCUT2D eigenvalue weighted by molar-refractivity contribution is -0.119. The van der Waals surface area contributed by atoms with Crippen LogP contribution in [0.15, 0.2) is 0 Å². The van der Waals surface area contributed by atoms with Crippen molar-refractivity contribution in [2.24, 2.45) is 11.8 Å². The third kappa shape index (κ3) is 4.51. The number of methoxy groups -OCH3 is 1. The second kappa shape index (κ2) is 8.14. The van der Waals surface area contributed by atoms with E-state index < -0.39 is 41.0 Å². The second-order valence-electron chi connectivity index (χ2n) is 8.92. The molecule has 1 amide bonds. The average Bonchev–Trinajstić information content (AvgIpc) is 2.87. The lowest BCUT2D eigenvalue weighted by Gasteiger charge is -2.48. The Balaban J connectivity index is 1.65. The summed E-state index contributed by atoms with van der Waals surface area (Å²) in [4.78, 5) is 11.5. The fraction of sp³-hybridized carbons (Fsp3) is 0.944. The fourth-order valence-corrected chi connectivity index (χ4v) is 6.14. The van der Waals surface area contributed by atoms with Crippen LogP contribution < -0.4 is 10.0 Å². The summed E-state index contributed by atoms with van der Waals surface area (Å²) in [5, 5.41) is 13.9. The highest BCUT2D eigenvalue weighted by atomic mass is 32.2. The number of ether oxygens (including phenoxy) is 1. The maximum absolute atomic E-state index is 15.4. The number of halogens is 1. The molecule has 0 bridgehead atoms. The largest absolute Gasteiger partial charge is 0.391 e. The van der Waals surface area contributed by atoms with Gasteiger partial charge in [-0.25, -0.2) is 9.11 Å². The van der Waals surface area contributed by atoms with Crippen molar-refractivity contribution in [1.29, 1.82) is 0 Å². The van der Waals surface area contributed by atoms with E-state index in [1.165, 1.54) is 0 Å². The number of amides is 1. The molecule has 0 radical (unpaired) electrons. The van der Waals surface area contributed by atoms with Crippen LogP contribution in [0.25, 0.3) is 0 Å². The summed E-state index contributed by atoms with van der Waals surface area (Å²) in [6.07, 6.45) is 0.873. The molecule has 28 heavy (non-hydrogen) atoms. The Kier molecular flexibility index (Phi) is 6.36. The van der Waals surface area contributed by atoms with Gasteiger partial charge in [-0.3, -0.25) is 4.79 Å². The zero-order chi connectivity index (χ0) is 20.7. The maximum Gasteiger partial charge on any atom is 0.304 e. The van der Waals surface area contributed by atoms with Crippen LogP contribution in [0.4, 0.5) is 4.39 Å². The van der Waals surface area contributed by atoms with Gasteiger partial charge >= 0.3 is 10.2 Å². The van der Waals surface area contributed by atoms with Gasteiger partial charge in [-0.05, 0) is 64.3 Å². The van der Waals surface area contributed by atoms with E-state index in [-0.39, 0.29) is 23.5 Å². The van der Waals surface area contributed by atoms with Crippen LogP contribution in [0.2, 0.25) is 0 Å². The topological polar surface area (TPSA) is 108 Å². The molecule has 1 heterocycles. The lowest BCUT2D eigenvalue weighted by Crippen LogP contribution is -2.59. The van der Waals surface area contributed by atoms with Gasteiger partial charge in [0.25, 0.3) is 0 Å². The van der Waals surface area contributed by atoms with E-state index in [2.05, 4.69) is 5.32 Å². The van der Waals surface area contributed by atoms with Gasteiger partial charge in [0.1, 0.15) is 6.17 Å². The fourth-order valence-electron chi connectivity index (χ4n) is 4.81. The number of aliphatic hydroxyl groups is 1. The zero-order valence-corrected chi connectivity index (χ0v) is 17.5. The van der Waals surface area contributed by atoms with Crippen molar-refractivity contribution in [3.05, 3.63) is 0 Å². The van der Waals surface area contributed by atoms with E-state index in [4.69, 9.17) is 4.74 Å². The quantitative estimate of drug-likeness (QED) is 0.570. The van der Waals surface area contributed by atoms with Crippen molar-refractivity contribution in [3.63, 3.8) is 0 Å². The van der Waals surface area contributed by atoms with Crippen LogP contribution in [0, 0.1) is 11.8 Å². The Labute approximate surface area is 166 Å². The highest BCUT2D eigenvalue weighted by molar-refractivity contribution is 7.88. The predicted octanol–water partition coefficient (Wildman–Crippen LogP) is 0.324. The number of nitrogens with one attached hydrogen (secondary N) is 2. The van der Waals surface area contributed by atoms with Gasteiger partial charge in [0.2, 0.25) is 5.91 Å². The monoisotopic (exact) mass is 421 g/mol. The summed E-state index contributed by atoms with van der Waals surface area (Å²) in [5.41, 5.74) is -0.226. The van der Waals surface area contributed by atoms with Crippen molar-refractivity contribution < 1.29 is 27.4 Å². The number of aliphatic hydroxyl groups excluding tert-OH is 1. The van der Waals surface area contributed by atoms with Crippen LogP contribution in [0.1, 0.15) is 46.0 Å². The minimum Gasteiger partial charge on any atom is -0.391 e. The van der Waals surface area contributed by atoms with Crippen molar-refractivity contribution in [3.8, 4) is 0 Å². The third-order valence-electron chi connectivity index (χ3n) is 6.62. The van der Waals surface area contributed by atoms with Gasteiger partial charge in [-0.1, -0.05) is 0 Å². The number of carbonyl (C=O) groups excluding carboxylic acids is 1. The average molecular weight is 422 g/mol. The SMILES string of the molecule is COC(C)(C)CCNC1CCC2CC(O)C(N3CC(=O)NS3(=O)=O)C(F)C2C1. The first-order chi connectivity index (χ1) is 13.0. The second-order valence-corrected chi connectivity index (χ2v) is 10.5. The third-order valence-corrected chi connectivity index (χ3v) is 8.09. The van der Waals surface area contributed by atoms with Crippen molar-refractivity contribution in [1.82, 2.24) is 14.3 Å². The van der Waals surface area contributed by atoms with Gasteiger partial charge in [-0.2, -0.15) is 12.7 Å². The van der Waals surface area contributed by atoms with Gasteiger partial charge in [0.15, 0.2) is 0 Å². The first-order valence-electron chi connectivity index (χ1n) is 9.97. The summed E-state index contributed by atoms with van der Waals surface area (Å²) >= 11 is 0. The highest BCUT2D eigenvalue weighted by Gasteiger charge is 2.53. The summed E-state index contributed by atoms with van der Waals surface area (Å²) < 4.78 is 47.8. The van der Waals surface area contributed by atoms with E-state index in [9.17, 15) is 18.3 Å². The number of hydrogen-bond acceptors (Lipinski definition) is 6. The maximum atomic E-state index is 15.4. The number of carbonyl (C=O) groups is 1. The molecule has 10 heteroatoms. The highest BCUT2D eigenvalue weighted by Crippen LogP contribution is 2.44. The lowest BCUT2D eigenvalue weighted by atomic mass is 9.66. The Hall–Kier alpha value is -0.810. The Morgan fingerprint density at radius 1 is 1.36 bits per heavy atom.